The molecule has 1 aromatic heterocycles. The number of nitrogens with zero attached hydrogens (tertiary/aromatic N) is 1. The van der Waals surface area contributed by atoms with Gasteiger partial charge in [0.05, 0.1) is 6.04 Å². The highest BCUT2D eigenvalue weighted by Gasteiger charge is 2.16. The minimum Gasteiger partial charge on any atom is -0.304 e. The monoisotopic (exact) mass is 264 g/mol. The minimum atomic E-state index is -0.205. The van der Waals surface area contributed by atoms with Gasteiger partial charge in [-0.2, -0.15) is 0 Å². The first-order valence-electron chi connectivity index (χ1n) is 6.11. The molecule has 2 rings (SSSR count). The fourth-order valence-electron chi connectivity index (χ4n) is 1.80. The number of hydrogen-bond acceptors (Lipinski definition) is 3. The zero-order valence-corrected chi connectivity index (χ0v) is 11.4. The fraction of sp³-hybridized carbons (Fsp3) is 0.357. The van der Waals surface area contributed by atoms with Crippen LogP contribution < -0.4 is 5.32 Å². The Kier molecular flexibility index (Phi) is 4.44. The number of aromatic nitrogens is 1. The Balaban J connectivity index is 2.27. The molecule has 1 unspecified atom stereocenters. The summed E-state index contributed by atoms with van der Waals surface area (Å²) in [7, 11) is 0. The molecule has 0 fully saturated rings. The smallest absolute Gasteiger partial charge is 0.123 e. The molecule has 0 bridgehead atoms. The molecule has 1 N–H and O–H groups in total. The second-order valence-corrected chi connectivity index (χ2v) is 5.16. The quantitative estimate of drug-likeness (QED) is 0.891. The maximum Gasteiger partial charge on any atom is 0.123 e. The van der Waals surface area contributed by atoms with Crippen molar-refractivity contribution in [3.05, 3.63) is 51.7 Å². The van der Waals surface area contributed by atoms with Gasteiger partial charge in [-0.3, -0.25) is 0 Å². The number of benzene rings is 1. The van der Waals surface area contributed by atoms with Crippen molar-refractivity contribution >= 4 is 11.3 Å². The van der Waals surface area contributed by atoms with E-state index in [9.17, 15) is 4.39 Å². The molecule has 0 spiro atoms. The first kappa shape index (κ1) is 13.2. The summed E-state index contributed by atoms with van der Waals surface area (Å²) in [6.07, 6.45) is 1.06. The van der Waals surface area contributed by atoms with E-state index in [4.69, 9.17) is 0 Å². The first-order chi connectivity index (χ1) is 8.70. The molecule has 0 aliphatic rings. The minimum absolute atomic E-state index is 0.0595. The van der Waals surface area contributed by atoms with Crippen LogP contribution in [0.5, 0.6) is 0 Å². The third-order valence-electron chi connectivity index (χ3n) is 2.69. The van der Waals surface area contributed by atoms with Gasteiger partial charge >= 0.3 is 0 Å². The lowest BCUT2D eigenvalue weighted by Crippen LogP contribution is -2.23. The van der Waals surface area contributed by atoms with Gasteiger partial charge in [0.2, 0.25) is 0 Å². The van der Waals surface area contributed by atoms with E-state index in [1.54, 1.807) is 11.3 Å². The molecule has 0 aliphatic carbocycles. The Labute approximate surface area is 111 Å². The van der Waals surface area contributed by atoms with Gasteiger partial charge in [-0.15, -0.1) is 11.3 Å². The topological polar surface area (TPSA) is 24.9 Å². The number of thiazole rings is 1. The standard InChI is InChI=1S/C14H17FN2S/c1-3-8-16-13(14-17-10(2)9-18-14)11-4-6-12(15)7-5-11/h4-7,9,13,16H,3,8H2,1-2H3. The van der Waals surface area contributed by atoms with Crippen molar-refractivity contribution in [2.45, 2.75) is 26.3 Å². The Morgan fingerprint density at radius 2 is 2.06 bits per heavy atom. The third kappa shape index (κ3) is 3.15. The van der Waals surface area contributed by atoms with Crippen LogP contribution >= 0.6 is 11.3 Å². The van der Waals surface area contributed by atoms with Crippen LogP contribution in [0.4, 0.5) is 4.39 Å². The molecule has 2 aromatic rings. The van der Waals surface area contributed by atoms with Gasteiger partial charge in [0, 0.05) is 11.1 Å². The Hall–Kier alpha value is -1.26. The fourth-order valence-corrected chi connectivity index (χ4v) is 2.69. The van der Waals surface area contributed by atoms with Crippen molar-refractivity contribution in [3.63, 3.8) is 0 Å². The van der Waals surface area contributed by atoms with Crippen LogP contribution in [0.3, 0.4) is 0 Å². The Morgan fingerprint density at radius 1 is 1.33 bits per heavy atom. The molecule has 1 heterocycles. The molecule has 1 aromatic carbocycles. The normalized spacial score (nSPS) is 12.6. The summed E-state index contributed by atoms with van der Waals surface area (Å²) in [6, 6.07) is 6.69. The van der Waals surface area contributed by atoms with Crippen molar-refractivity contribution in [1.82, 2.24) is 10.3 Å². The summed E-state index contributed by atoms with van der Waals surface area (Å²) < 4.78 is 13.0. The molecule has 0 saturated heterocycles. The first-order valence-corrected chi connectivity index (χ1v) is 6.99. The zero-order chi connectivity index (χ0) is 13.0. The van der Waals surface area contributed by atoms with E-state index in [1.165, 1.54) is 12.1 Å². The van der Waals surface area contributed by atoms with Gasteiger partial charge in [0.1, 0.15) is 10.8 Å². The van der Waals surface area contributed by atoms with E-state index in [-0.39, 0.29) is 11.9 Å². The van der Waals surface area contributed by atoms with E-state index >= 15 is 0 Å². The van der Waals surface area contributed by atoms with E-state index in [0.717, 1.165) is 29.2 Å². The summed E-state index contributed by atoms with van der Waals surface area (Å²) in [5.41, 5.74) is 2.08. The average molecular weight is 264 g/mol. The van der Waals surface area contributed by atoms with E-state index in [1.807, 2.05) is 24.4 Å². The summed E-state index contributed by atoms with van der Waals surface area (Å²) in [5, 5.41) is 6.54. The lowest BCUT2D eigenvalue weighted by molar-refractivity contribution is 0.590. The molecule has 4 heteroatoms. The van der Waals surface area contributed by atoms with E-state index in [2.05, 4.69) is 17.2 Å². The number of rotatable bonds is 5. The molecule has 18 heavy (non-hydrogen) atoms. The third-order valence-corrected chi connectivity index (χ3v) is 3.71. The van der Waals surface area contributed by atoms with Crippen molar-refractivity contribution < 1.29 is 4.39 Å². The predicted molar refractivity (Wildman–Crippen MR) is 73.4 cm³/mol. The van der Waals surface area contributed by atoms with Gasteiger partial charge < -0.3 is 5.32 Å². The molecular weight excluding hydrogens is 247 g/mol. The zero-order valence-electron chi connectivity index (χ0n) is 10.6. The van der Waals surface area contributed by atoms with Crippen LogP contribution in [0.2, 0.25) is 0 Å². The van der Waals surface area contributed by atoms with Crippen LogP contribution in [0.1, 0.15) is 35.7 Å². The molecule has 0 aliphatic heterocycles. The van der Waals surface area contributed by atoms with Gasteiger partial charge in [-0.05, 0) is 37.6 Å². The van der Waals surface area contributed by atoms with Crippen molar-refractivity contribution in [1.29, 1.82) is 0 Å². The van der Waals surface area contributed by atoms with E-state index in [0.29, 0.717) is 0 Å². The summed E-state index contributed by atoms with van der Waals surface area (Å²) in [5.74, 6) is -0.205. The van der Waals surface area contributed by atoms with Crippen LogP contribution in [0.15, 0.2) is 29.6 Å². The van der Waals surface area contributed by atoms with Crippen molar-refractivity contribution in [3.8, 4) is 0 Å². The predicted octanol–water partition coefficient (Wildman–Crippen LogP) is 3.68. The highest BCUT2D eigenvalue weighted by molar-refractivity contribution is 7.09. The van der Waals surface area contributed by atoms with E-state index < -0.39 is 0 Å². The number of aryl methyl sites for hydroxylation is 1. The molecular formula is C14H17FN2S. The maximum absolute atomic E-state index is 13.0. The highest BCUT2D eigenvalue weighted by atomic mass is 32.1. The number of halogens is 1. The highest BCUT2D eigenvalue weighted by Crippen LogP contribution is 2.25. The lowest BCUT2D eigenvalue weighted by atomic mass is 10.1. The van der Waals surface area contributed by atoms with Crippen LogP contribution in [-0.2, 0) is 0 Å². The van der Waals surface area contributed by atoms with Crippen LogP contribution in [-0.4, -0.2) is 11.5 Å². The molecule has 0 saturated carbocycles. The lowest BCUT2D eigenvalue weighted by Gasteiger charge is -2.16. The average Bonchev–Trinajstić information content (AvgIpc) is 2.78. The van der Waals surface area contributed by atoms with Gasteiger partial charge in [-0.1, -0.05) is 19.1 Å². The van der Waals surface area contributed by atoms with Crippen LogP contribution in [0.25, 0.3) is 0 Å². The molecule has 96 valence electrons. The molecule has 0 amide bonds. The van der Waals surface area contributed by atoms with Gasteiger partial charge in [0.15, 0.2) is 0 Å². The summed E-state index contributed by atoms with van der Waals surface area (Å²) >= 11 is 1.64. The van der Waals surface area contributed by atoms with Crippen LogP contribution in [0, 0.1) is 12.7 Å². The van der Waals surface area contributed by atoms with Gasteiger partial charge in [-0.25, -0.2) is 9.37 Å². The maximum atomic E-state index is 13.0. The Morgan fingerprint density at radius 3 is 2.61 bits per heavy atom. The number of nitrogens with one attached hydrogen (secondary N) is 1. The molecule has 2 nitrogen and oxygen atoms in total. The van der Waals surface area contributed by atoms with Crippen molar-refractivity contribution in [2.75, 3.05) is 6.54 Å². The second-order valence-electron chi connectivity index (χ2n) is 4.27. The Bertz CT molecular complexity index is 493. The largest absolute Gasteiger partial charge is 0.304 e. The summed E-state index contributed by atoms with van der Waals surface area (Å²) in [6.45, 7) is 5.03. The SMILES string of the molecule is CCCNC(c1ccc(F)cc1)c1nc(C)cs1. The van der Waals surface area contributed by atoms with Crippen molar-refractivity contribution in [2.24, 2.45) is 0 Å². The molecule has 1 atom stereocenters. The second kappa shape index (κ2) is 6.07. The molecule has 0 radical (unpaired) electrons. The number of hydrogen-bond donors (Lipinski definition) is 1. The summed E-state index contributed by atoms with van der Waals surface area (Å²) in [4.78, 5) is 4.53. The van der Waals surface area contributed by atoms with Gasteiger partial charge in [0.25, 0.3) is 0 Å².